The zero-order valence-electron chi connectivity index (χ0n) is 10.8. The predicted molar refractivity (Wildman–Crippen MR) is 70.6 cm³/mol. The highest BCUT2D eigenvalue weighted by molar-refractivity contribution is 5.55. The van der Waals surface area contributed by atoms with Crippen LogP contribution >= 0.6 is 0 Å². The number of phenolic OH excluding ortho intramolecular Hbond substituents is 1. The molecule has 0 bridgehead atoms. The number of hydrogen-bond donors (Lipinski definition) is 2. The lowest BCUT2D eigenvalue weighted by Gasteiger charge is -2.01. The molecule has 0 saturated heterocycles. The maximum Gasteiger partial charge on any atom is 0.248 e. The van der Waals surface area contributed by atoms with Crippen LogP contribution in [-0.2, 0) is 7.05 Å². The van der Waals surface area contributed by atoms with Gasteiger partial charge in [0.2, 0.25) is 11.7 Å². The van der Waals surface area contributed by atoms with Crippen molar-refractivity contribution in [1.29, 1.82) is 0 Å². The summed E-state index contributed by atoms with van der Waals surface area (Å²) in [6, 6.07) is 6.03. The van der Waals surface area contributed by atoms with E-state index in [4.69, 9.17) is 10.3 Å². The lowest BCUT2D eigenvalue weighted by Crippen LogP contribution is -2.11. The van der Waals surface area contributed by atoms with Gasteiger partial charge in [-0.15, -0.1) is 0 Å². The van der Waals surface area contributed by atoms with Gasteiger partial charge in [-0.25, -0.2) is 0 Å². The summed E-state index contributed by atoms with van der Waals surface area (Å²) in [5.74, 6) is 0.935. The molecule has 1 unspecified atom stereocenters. The molecule has 7 nitrogen and oxygen atoms in total. The quantitative estimate of drug-likeness (QED) is 0.742. The largest absolute Gasteiger partial charge is 0.508 e. The summed E-state index contributed by atoms with van der Waals surface area (Å²) in [4.78, 5) is 4.27. The van der Waals surface area contributed by atoms with E-state index < -0.39 is 6.04 Å². The Morgan fingerprint density at radius 3 is 2.70 bits per heavy atom. The first-order chi connectivity index (χ1) is 9.63. The molecule has 20 heavy (non-hydrogen) atoms. The fourth-order valence-electron chi connectivity index (χ4n) is 1.83. The first-order valence-electron chi connectivity index (χ1n) is 6.00. The summed E-state index contributed by atoms with van der Waals surface area (Å²) in [6.07, 6.45) is 3.46. The van der Waals surface area contributed by atoms with Crippen LogP contribution in [0.25, 0.3) is 11.4 Å². The molecule has 0 aliphatic carbocycles. The Hall–Kier alpha value is -2.67. The molecule has 3 rings (SSSR count). The minimum absolute atomic E-state index is 0.185. The van der Waals surface area contributed by atoms with Gasteiger partial charge in [-0.3, -0.25) is 4.68 Å². The van der Waals surface area contributed by atoms with Gasteiger partial charge in [0.05, 0.1) is 6.20 Å². The zero-order valence-corrected chi connectivity index (χ0v) is 10.8. The predicted octanol–water partition coefficient (Wildman–Crippen LogP) is 1.22. The minimum atomic E-state index is -0.512. The third-order valence-corrected chi connectivity index (χ3v) is 2.92. The Labute approximate surface area is 114 Å². The third kappa shape index (κ3) is 2.26. The topological polar surface area (TPSA) is 103 Å². The molecule has 1 aromatic carbocycles. The normalized spacial score (nSPS) is 12.5. The fourth-order valence-corrected chi connectivity index (χ4v) is 1.83. The first-order valence-corrected chi connectivity index (χ1v) is 6.00. The SMILES string of the molecule is Cn1cc(C(N)c2nc(-c3ccc(O)cc3)no2)cn1. The number of nitrogens with two attached hydrogens (primary N) is 1. The highest BCUT2D eigenvalue weighted by atomic mass is 16.5. The average Bonchev–Trinajstić information content (AvgIpc) is 3.08. The number of phenols is 1. The van der Waals surface area contributed by atoms with E-state index in [0.717, 1.165) is 11.1 Å². The summed E-state index contributed by atoms with van der Waals surface area (Å²) >= 11 is 0. The van der Waals surface area contributed by atoms with Crippen molar-refractivity contribution < 1.29 is 9.63 Å². The Morgan fingerprint density at radius 2 is 2.05 bits per heavy atom. The van der Waals surface area contributed by atoms with E-state index in [2.05, 4.69) is 15.2 Å². The van der Waals surface area contributed by atoms with Crippen LogP contribution in [0.3, 0.4) is 0 Å². The van der Waals surface area contributed by atoms with Gasteiger partial charge < -0.3 is 15.4 Å². The van der Waals surface area contributed by atoms with Gasteiger partial charge in [0, 0.05) is 24.4 Å². The number of rotatable bonds is 3. The maximum atomic E-state index is 9.25. The second kappa shape index (κ2) is 4.78. The summed E-state index contributed by atoms with van der Waals surface area (Å²) in [5.41, 5.74) is 7.60. The Morgan fingerprint density at radius 1 is 1.30 bits per heavy atom. The standard InChI is InChI=1S/C13H13N5O2/c1-18-7-9(6-15-18)11(14)13-16-12(17-20-13)8-2-4-10(19)5-3-8/h2-7,11,19H,14H2,1H3. The number of hydrogen-bond acceptors (Lipinski definition) is 6. The molecule has 0 fully saturated rings. The van der Waals surface area contributed by atoms with E-state index >= 15 is 0 Å². The van der Waals surface area contributed by atoms with Gasteiger partial charge in [-0.1, -0.05) is 5.16 Å². The summed E-state index contributed by atoms with van der Waals surface area (Å²) < 4.78 is 6.85. The maximum absolute atomic E-state index is 9.25. The van der Waals surface area contributed by atoms with Gasteiger partial charge in [-0.05, 0) is 24.3 Å². The lowest BCUT2D eigenvalue weighted by atomic mass is 10.2. The van der Waals surface area contributed by atoms with Crippen LogP contribution in [-0.4, -0.2) is 25.0 Å². The van der Waals surface area contributed by atoms with E-state index in [1.807, 2.05) is 7.05 Å². The molecule has 0 amide bonds. The average molecular weight is 271 g/mol. The minimum Gasteiger partial charge on any atom is -0.508 e. The second-order valence-corrected chi connectivity index (χ2v) is 4.43. The van der Waals surface area contributed by atoms with Crippen LogP contribution in [0.2, 0.25) is 0 Å². The van der Waals surface area contributed by atoms with E-state index in [9.17, 15) is 5.11 Å². The van der Waals surface area contributed by atoms with Crippen molar-refractivity contribution in [1.82, 2.24) is 19.9 Å². The number of benzene rings is 1. The number of aryl methyl sites for hydroxylation is 1. The van der Waals surface area contributed by atoms with E-state index in [1.54, 1.807) is 41.3 Å². The van der Waals surface area contributed by atoms with E-state index in [-0.39, 0.29) is 5.75 Å². The molecule has 0 spiro atoms. The lowest BCUT2D eigenvalue weighted by molar-refractivity contribution is 0.367. The van der Waals surface area contributed by atoms with Gasteiger partial charge in [0.15, 0.2) is 0 Å². The van der Waals surface area contributed by atoms with Crippen LogP contribution in [0.1, 0.15) is 17.5 Å². The van der Waals surface area contributed by atoms with Crippen LogP contribution in [0.15, 0.2) is 41.2 Å². The molecular weight excluding hydrogens is 258 g/mol. The number of aromatic nitrogens is 4. The highest BCUT2D eigenvalue weighted by Crippen LogP contribution is 2.22. The van der Waals surface area contributed by atoms with Gasteiger partial charge in [0.25, 0.3) is 0 Å². The van der Waals surface area contributed by atoms with Crippen molar-refractivity contribution in [2.75, 3.05) is 0 Å². The molecule has 1 atom stereocenters. The van der Waals surface area contributed by atoms with Crippen molar-refractivity contribution in [2.45, 2.75) is 6.04 Å². The summed E-state index contributed by atoms with van der Waals surface area (Å²) in [7, 11) is 1.81. The van der Waals surface area contributed by atoms with Crippen molar-refractivity contribution >= 4 is 0 Å². The van der Waals surface area contributed by atoms with Crippen LogP contribution < -0.4 is 5.73 Å². The highest BCUT2D eigenvalue weighted by Gasteiger charge is 2.18. The van der Waals surface area contributed by atoms with Gasteiger partial charge in [0.1, 0.15) is 11.8 Å². The van der Waals surface area contributed by atoms with Crippen LogP contribution in [0.5, 0.6) is 5.75 Å². The van der Waals surface area contributed by atoms with Crippen molar-refractivity contribution in [3.8, 4) is 17.1 Å². The van der Waals surface area contributed by atoms with Crippen LogP contribution in [0.4, 0.5) is 0 Å². The monoisotopic (exact) mass is 271 g/mol. The smallest absolute Gasteiger partial charge is 0.248 e. The van der Waals surface area contributed by atoms with Crippen molar-refractivity contribution in [3.05, 3.63) is 48.1 Å². The van der Waals surface area contributed by atoms with Crippen molar-refractivity contribution in [2.24, 2.45) is 12.8 Å². The fraction of sp³-hybridized carbons (Fsp3) is 0.154. The summed E-state index contributed by atoms with van der Waals surface area (Å²) in [6.45, 7) is 0. The molecule has 0 radical (unpaired) electrons. The first kappa shape index (κ1) is 12.4. The zero-order chi connectivity index (χ0) is 14.1. The number of aromatic hydroxyl groups is 1. The Bertz CT molecular complexity index is 716. The van der Waals surface area contributed by atoms with E-state index in [1.165, 1.54) is 0 Å². The van der Waals surface area contributed by atoms with Crippen LogP contribution in [0, 0.1) is 0 Å². The molecule has 0 aliphatic rings. The van der Waals surface area contributed by atoms with E-state index in [0.29, 0.717) is 11.7 Å². The second-order valence-electron chi connectivity index (χ2n) is 4.43. The van der Waals surface area contributed by atoms with Gasteiger partial charge in [-0.2, -0.15) is 10.1 Å². The molecule has 7 heteroatoms. The molecule has 3 aromatic rings. The Balaban J connectivity index is 1.88. The van der Waals surface area contributed by atoms with Crippen molar-refractivity contribution in [3.63, 3.8) is 0 Å². The third-order valence-electron chi connectivity index (χ3n) is 2.92. The Kier molecular flexibility index (Phi) is 2.96. The molecular formula is C13H13N5O2. The molecule has 2 heterocycles. The molecule has 0 saturated carbocycles. The summed E-state index contributed by atoms with van der Waals surface area (Å²) in [5, 5.41) is 17.2. The molecule has 2 aromatic heterocycles. The number of nitrogens with zero attached hydrogens (tertiary/aromatic N) is 4. The molecule has 3 N–H and O–H groups in total. The molecule has 0 aliphatic heterocycles. The molecule has 102 valence electrons. The van der Waals surface area contributed by atoms with Gasteiger partial charge >= 0.3 is 0 Å².